The van der Waals surface area contributed by atoms with Crippen molar-refractivity contribution in [3.8, 4) is 0 Å². The molecule has 0 radical (unpaired) electrons. The van der Waals surface area contributed by atoms with Crippen LogP contribution in [0.4, 0.5) is 11.4 Å². The number of hydrazine groups is 1. The molecule has 1 N–H and O–H groups in total. The van der Waals surface area contributed by atoms with Gasteiger partial charge in [0.1, 0.15) is 6.54 Å². The molecule has 0 aliphatic carbocycles. The van der Waals surface area contributed by atoms with E-state index >= 15 is 0 Å². The summed E-state index contributed by atoms with van der Waals surface area (Å²) in [5.74, 6) is 0.0504. The molecule has 0 unspecified atom stereocenters. The lowest BCUT2D eigenvalue weighted by Crippen LogP contribution is -2.49. The average Bonchev–Trinajstić information content (AvgIpc) is 2.77. The molecule has 0 atom stereocenters. The van der Waals surface area contributed by atoms with Crippen LogP contribution in [0.15, 0.2) is 89.8 Å². The van der Waals surface area contributed by atoms with E-state index < -0.39 is 0 Å². The van der Waals surface area contributed by atoms with Crippen molar-refractivity contribution in [2.75, 3.05) is 22.2 Å². The Labute approximate surface area is 174 Å². The molecule has 1 aliphatic rings. The van der Waals surface area contributed by atoms with Gasteiger partial charge in [-0.1, -0.05) is 60.7 Å². The standard InChI is InChI=1S/C23H21N3O2S/c27-22(16-25-20-13-7-8-14-21(20)29-17-23(25)28)24-26(19-11-5-2-6-12-19)15-18-9-3-1-4-10-18/h1-14H,15-17H2,(H,24,27). The van der Waals surface area contributed by atoms with Crippen LogP contribution >= 0.6 is 11.8 Å². The highest BCUT2D eigenvalue weighted by molar-refractivity contribution is 8.00. The summed E-state index contributed by atoms with van der Waals surface area (Å²) < 4.78 is 0. The van der Waals surface area contributed by atoms with Crippen molar-refractivity contribution in [2.24, 2.45) is 0 Å². The molecule has 29 heavy (non-hydrogen) atoms. The Hall–Kier alpha value is -3.25. The van der Waals surface area contributed by atoms with Crippen molar-refractivity contribution in [2.45, 2.75) is 11.4 Å². The predicted molar refractivity (Wildman–Crippen MR) is 117 cm³/mol. The third-order valence-electron chi connectivity index (χ3n) is 4.62. The monoisotopic (exact) mass is 403 g/mol. The van der Waals surface area contributed by atoms with E-state index in [-0.39, 0.29) is 18.4 Å². The highest BCUT2D eigenvalue weighted by Crippen LogP contribution is 2.34. The van der Waals surface area contributed by atoms with E-state index in [1.807, 2.05) is 89.9 Å². The number of nitrogens with one attached hydrogen (secondary N) is 1. The lowest BCUT2D eigenvalue weighted by Gasteiger charge is -2.30. The molecule has 6 heteroatoms. The number of benzene rings is 3. The Morgan fingerprint density at radius 2 is 1.59 bits per heavy atom. The van der Waals surface area contributed by atoms with Crippen LogP contribution in [0.2, 0.25) is 0 Å². The zero-order valence-corrected chi connectivity index (χ0v) is 16.6. The van der Waals surface area contributed by atoms with Crippen LogP contribution in [0.25, 0.3) is 0 Å². The van der Waals surface area contributed by atoms with Crippen molar-refractivity contribution in [3.05, 3.63) is 90.5 Å². The fraction of sp³-hybridized carbons (Fsp3) is 0.130. The molecule has 0 spiro atoms. The number of carbonyl (C=O) groups is 2. The maximum atomic E-state index is 12.9. The fourth-order valence-corrected chi connectivity index (χ4v) is 4.16. The van der Waals surface area contributed by atoms with Gasteiger partial charge < -0.3 is 4.90 Å². The number of fused-ring (bicyclic) bond motifs is 1. The van der Waals surface area contributed by atoms with Gasteiger partial charge in [0.05, 0.1) is 23.7 Å². The normalized spacial score (nSPS) is 13.0. The first kappa shape index (κ1) is 19.1. The van der Waals surface area contributed by atoms with Gasteiger partial charge in [0, 0.05) is 4.90 Å². The Morgan fingerprint density at radius 1 is 0.931 bits per heavy atom. The fourth-order valence-electron chi connectivity index (χ4n) is 3.23. The molecule has 2 amide bonds. The van der Waals surface area contributed by atoms with Gasteiger partial charge in [0.15, 0.2) is 0 Å². The van der Waals surface area contributed by atoms with Gasteiger partial charge in [-0.3, -0.25) is 20.0 Å². The van der Waals surface area contributed by atoms with Crippen LogP contribution in [0.5, 0.6) is 0 Å². The summed E-state index contributed by atoms with van der Waals surface area (Å²) in [7, 11) is 0. The Bertz CT molecular complexity index is 995. The van der Waals surface area contributed by atoms with Crippen LogP contribution in [-0.4, -0.2) is 24.1 Å². The van der Waals surface area contributed by atoms with E-state index in [2.05, 4.69) is 5.43 Å². The third-order valence-corrected chi connectivity index (χ3v) is 5.67. The van der Waals surface area contributed by atoms with Gasteiger partial charge in [-0.25, -0.2) is 0 Å². The van der Waals surface area contributed by atoms with Gasteiger partial charge in [-0.15, -0.1) is 11.8 Å². The second-order valence-corrected chi connectivity index (χ2v) is 7.70. The molecule has 0 saturated carbocycles. The first-order valence-corrected chi connectivity index (χ1v) is 10.4. The Balaban J connectivity index is 1.52. The number of rotatable bonds is 6. The maximum absolute atomic E-state index is 12.9. The third kappa shape index (κ3) is 4.60. The largest absolute Gasteiger partial charge is 0.301 e. The second-order valence-electron chi connectivity index (χ2n) is 6.68. The van der Waals surface area contributed by atoms with Crippen molar-refractivity contribution < 1.29 is 9.59 Å². The number of carbonyl (C=O) groups excluding carboxylic acids is 2. The summed E-state index contributed by atoms with van der Waals surface area (Å²) in [6.45, 7) is 0.505. The van der Waals surface area contributed by atoms with Gasteiger partial charge in [-0.2, -0.15) is 0 Å². The summed E-state index contributed by atoms with van der Waals surface area (Å²) in [6, 6.07) is 27.3. The minimum atomic E-state index is -0.236. The van der Waals surface area contributed by atoms with Gasteiger partial charge in [0.2, 0.25) is 5.91 Å². The number of nitrogens with zero attached hydrogens (tertiary/aromatic N) is 2. The van der Waals surface area contributed by atoms with E-state index in [9.17, 15) is 9.59 Å². The summed E-state index contributed by atoms with van der Waals surface area (Å²) >= 11 is 1.51. The smallest absolute Gasteiger partial charge is 0.258 e. The van der Waals surface area contributed by atoms with E-state index in [1.54, 1.807) is 4.90 Å². The van der Waals surface area contributed by atoms with Crippen LogP contribution in [-0.2, 0) is 16.1 Å². The summed E-state index contributed by atoms with van der Waals surface area (Å²) in [5, 5.41) is 1.81. The molecule has 1 heterocycles. The van der Waals surface area contributed by atoms with Crippen LogP contribution < -0.4 is 15.3 Å². The highest BCUT2D eigenvalue weighted by Gasteiger charge is 2.26. The van der Waals surface area contributed by atoms with E-state index in [4.69, 9.17) is 0 Å². The van der Waals surface area contributed by atoms with Crippen molar-refractivity contribution in [3.63, 3.8) is 0 Å². The molecule has 4 rings (SSSR count). The molecule has 3 aromatic rings. The molecule has 0 fully saturated rings. The number of para-hydroxylation sites is 2. The topological polar surface area (TPSA) is 52.7 Å². The van der Waals surface area contributed by atoms with Crippen molar-refractivity contribution in [1.82, 2.24) is 5.43 Å². The molecule has 0 aromatic heterocycles. The molecule has 0 saturated heterocycles. The SMILES string of the molecule is O=C(CN1C(=O)CSc2ccccc21)NN(Cc1ccccc1)c1ccccc1. The first-order valence-electron chi connectivity index (χ1n) is 9.39. The number of thioether (sulfide) groups is 1. The van der Waals surface area contributed by atoms with Crippen LogP contribution in [0.3, 0.4) is 0 Å². The van der Waals surface area contributed by atoms with E-state index in [1.165, 1.54) is 11.8 Å². The Morgan fingerprint density at radius 3 is 2.34 bits per heavy atom. The highest BCUT2D eigenvalue weighted by atomic mass is 32.2. The van der Waals surface area contributed by atoms with Gasteiger partial charge in [-0.05, 0) is 29.8 Å². The minimum absolute atomic E-state index is 0.0193. The average molecular weight is 404 g/mol. The lowest BCUT2D eigenvalue weighted by molar-refractivity contribution is -0.123. The summed E-state index contributed by atoms with van der Waals surface area (Å²) in [4.78, 5) is 27.9. The van der Waals surface area contributed by atoms with Crippen LogP contribution in [0, 0.1) is 0 Å². The van der Waals surface area contributed by atoms with Gasteiger partial charge in [0.25, 0.3) is 5.91 Å². The minimum Gasteiger partial charge on any atom is -0.301 e. The quantitative estimate of drug-likeness (QED) is 0.635. The van der Waals surface area contributed by atoms with E-state index in [0.717, 1.165) is 21.8 Å². The Kier molecular flexibility index (Phi) is 5.81. The summed E-state index contributed by atoms with van der Waals surface area (Å²) in [6.07, 6.45) is 0. The second kappa shape index (κ2) is 8.84. The summed E-state index contributed by atoms with van der Waals surface area (Å²) in [5.41, 5.74) is 5.72. The number of amides is 2. The molecular weight excluding hydrogens is 382 g/mol. The number of anilines is 2. The molecule has 146 valence electrons. The number of hydrogen-bond acceptors (Lipinski definition) is 4. The number of hydrogen-bond donors (Lipinski definition) is 1. The van der Waals surface area contributed by atoms with Crippen LogP contribution in [0.1, 0.15) is 5.56 Å². The molecule has 3 aromatic carbocycles. The zero-order valence-electron chi connectivity index (χ0n) is 15.8. The first-order chi connectivity index (χ1) is 14.2. The maximum Gasteiger partial charge on any atom is 0.258 e. The molecule has 5 nitrogen and oxygen atoms in total. The lowest BCUT2D eigenvalue weighted by atomic mass is 10.2. The molecule has 0 bridgehead atoms. The van der Waals surface area contributed by atoms with E-state index in [0.29, 0.717) is 12.3 Å². The predicted octanol–water partition coefficient (Wildman–Crippen LogP) is 3.86. The van der Waals surface area contributed by atoms with Gasteiger partial charge >= 0.3 is 0 Å². The zero-order chi connectivity index (χ0) is 20.1. The van der Waals surface area contributed by atoms with Crippen molar-refractivity contribution in [1.29, 1.82) is 0 Å². The molecular formula is C23H21N3O2S. The molecule has 1 aliphatic heterocycles. The van der Waals surface area contributed by atoms with Crippen molar-refractivity contribution >= 4 is 35.0 Å².